The van der Waals surface area contributed by atoms with Crippen molar-refractivity contribution in [1.29, 1.82) is 0 Å². The summed E-state index contributed by atoms with van der Waals surface area (Å²) in [6, 6.07) is 8.61. The number of hydrogen-bond donors (Lipinski definition) is 2. The molecule has 3 nitrogen and oxygen atoms in total. The Balaban J connectivity index is 1.68. The van der Waals surface area contributed by atoms with Crippen LogP contribution >= 0.6 is 11.8 Å². The van der Waals surface area contributed by atoms with Crippen molar-refractivity contribution in [2.75, 3.05) is 11.6 Å². The van der Waals surface area contributed by atoms with Crippen molar-refractivity contribution >= 4 is 17.7 Å². The molecule has 4 heteroatoms. The molecular formula is C13H16N2OS. The second-order valence-corrected chi connectivity index (χ2v) is 5.60. The SMILES string of the molecule is O=C(NC1CCc2ccccc21)C1CSCN1. The first-order valence-corrected chi connectivity index (χ1v) is 7.19. The number of amides is 1. The Morgan fingerprint density at radius 2 is 2.29 bits per heavy atom. The molecule has 1 aliphatic carbocycles. The zero-order valence-electron chi connectivity index (χ0n) is 9.61. The molecule has 2 unspecified atom stereocenters. The Labute approximate surface area is 105 Å². The molecule has 1 aromatic rings. The molecule has 0 bridgehead atoms. The van der Waals surface area contributed by atoms with Gasteiger partial charge < -0.3 is 5.32 Å². The van der Waals surface area contributed by atoms with E-state index in [0.717, 1.165) is 24.5 Å². The Morgan fingerprint density at radius 3 is 3.12 bits per heavy atom. The number of aryl methyl sites for hydroxylation is 1. The van der Waals surface area contributed by atoms with E-state index in [2.05, 4.69) is 28.8 Å². The van der Waals surface area contributed by atoms with Gasteiger partial charge in [0.25, 0.3) is 0 Å². The maximum absolute atomic E-state index is 12.0. The third kappa shape index (κ3) is 2.19. The van der Waals surface area contributed by atoms with Crippen LogP contribution in [0.1, 0.15) is 23.6 Å². The van der Waals surface area contributed by atoms with Crippen LogP contribution in [0.4, 0.5) is 0 Å². The van der Waals surface area contributed by atoms with E-state index >= 15 is 0 Å². The monoisotopic (exact) mass is 248 g/mol. The van der Waals surface area contributed by atoms with Crippen molar-refractivity contribution in [3.05, 3.63) is 35.4 Å². The minimum Gasteiger partial charge on any atom is -0.348 e. The summed E-state index contributed by atoms with van der Waals surface area (Å²) in [4.78, 5) is 12.0. The molecule has 90 valence electrons. The fraction of sp³-hybridized carbons (Fsp3) is 0.462. The Morgan fingerprint density at radius 1 is 1.41 bits per heavy atom. The van der Waals surface area contributed by atoms with Gasteiger partial charge in [-0.3, -0.25) is 10.1 Å². The second-order valence-electron chi connectivity index (χ2n) is 4.57. The first-order valence-electron chi connectivity index (χ1n) is 6.04. The topological polar surface area (TPSA) is 41.1 Å². The highest BCUT2D eigenvalue weighted by molar-refractivity contribution is 7.99. The lowest BCUT2D eigenvalue weighted by Gasteiger charge is -2.17. The fourth-order valence-corrected chi connectivity index (χ4v) is 3.48. The largest absolute Gasteiger partial charge is 0.348 e. The maximum atomic E-state index is 12.0. The molecule has 17 heavy (non-hydrogen) atoms. The van der Waals surface area contributed by atoms with E-state index in [9.17, 15) is 4.79 Å². The Kier molecular flexibility index (Phi) is 3.07. The Hall–Kier alpha value is -1.00. The van der Waals surface area contributed by atoms with E-state index in [4.69, 9.17) is 0 Å². The summed E-state index contributed by atoms with van der Waals surface area (Å²) in [6.45, 7) is 0. The number of benzene rings is 1. The molecule has 1 amide bonds. The molecule has 2 N–H and O–H groups in total. The molecule has 1 saturated heterocycles. The van der Waals surface area contributed by atoms with E-state index < -0.39 is 0 Å². The lowest BCUT2D eigenvalue weighted by Crippen LogP contribution is -2.43. The van der Waals surface area contributed by atoms with Crippen molar-refractivity contribution in [2.24, 2.45) is 0 Å². The maximum Gasteiger partial charge on any atom is 0.238 e. The fourth-order valence-electron chi connectivity index (χ4n) is 2.54. The number of nitrogens with one attached hydrogen (secondary N) is 2. The lowest BCUT2D eigenvalue weighted by atomic mass is 10.1. The van der Waals surface area contributed by atoms with Crippen LogP contribution in [0.15, 0.2) is 24.3 Å². The summed E-state index contributed by atoms with van der Waals surface area (Å²) in [6.07, 6.45) is 2.11. The highest BCUT2D eigenvalue weighted by atomic mass is 32.2. The van der Waals surface area contributed by atoms with Crippen LogP contribution in [0, 0.1) is 0 Å². The summed E-state index contributed by atoms with van der Waals surface area (Å²) >= 11 is 1.78. The summed E-state index contributed by atoms with van der Waals surface area (Å²) in [5.41, 5.74) is 2.68. The summed E-state index contributed by atoms with van der Waals surface area (Å²) in [5.74, 6) is 1.93. The highest BCUT2D eigenvalue weighted by Gasteiger charge is 2.28. The van der Waals surface area contributed by atoms with Crippen LogP contribution in [-0.2, 0) is 11.2 Å². The standard InChI is InChI=1S/C13H16N2OS/c16-13(12-7-17-8-14-12)15-11-6-5-9-3-1-2-4-10(9)11/h1-4,11-12,14H,5-8H2,(H,15,16). The van der Waals surface area contributed by atoms with Crippen molar-refractivity contribution in [3.8, 4) is 0 Å². The molecular weight excluding hydrogens is 232 g/mol. The van der Waals surface area contributed by atoms with Gasteiger partial charge in [0.2, 0.25) is 5.91 Å². The molecule has 0 saturated carbocycles. The van der Waals surface area contributed by atoms with Gasteiger partial charge >= 0.3 is 0 Å². The molecule has 1 aromatic carbocycles. The van der Waals surface area contributed by atoms with Crippen molar-refractivity contribution in [1.82, 2.24) is 10.6 Å². The van der Waals surface area contributed by atoms with E-state index in [1.807, 2.05) is 6.07 Å². The number of hydrogen-bond acceptors (Lipinski definition) is 3. The minimum atomic E-state index is -0.00670. The smallest absolute Gasteiger partial charge is 0.238 e. The molecule has 1 fully saturated rings. The van der Waals surface area contributed by atoms with E-state index in [-0.39, 0.29) is 18.0 Å². The van der Waals surface area contributed by atoms with Crippen LogP contribution in [-0.4, -0.2) is 23.6 Å². The second kappa shape index (κ2) is 4.70. The van der Waals surface area contributed by atoms with Gasteiger partial charge in [-0.05, 0) is 24.0 Å². The number of carbonyl (C=O) groups is 1. The molecule has 2 atom stereocenters. The van der Waals surface area contributed by atoms with Crippen molar-refractivity contribution in [3.63, 3.8) is 0 Å². The van der Waals surface area contributed by atoms with Gasteiger partial charge in [-0.25, -0.2) is 0 Å². The summed E-state index contributed by atoms with van der Waals surface area (Å²) in [7, 11) is 0. The van der Waals surface area contributed by atoms with Crippen LogP contribution in [0.2, 0.25) is 0 Å². The van der Waals surface area contributed by atoms with Gasteiger partial charge in [-0.15, -0.1) is 11.8 Å². The molecule has 2 aliphatic rings. The molecule has 1 aliphatic heterocycles. The van der Waals surface area contributed by atoms with E-state index in [1.54, 1.807) is 11.8 Å². The third-order valence-electron chi connectivity index (χ3n) is 3.48. The summed E-state index contributed by atoms with van der Waals surface area (Å²) in [5, 5.41) is 6.37. The van der Waals surface area contributed by atoms with Gasteiger partial charge in [0.1, 0.15) is 0 Å². The van der Waals surface area contributed by atoms with Crippen LogP contribution in [0.25, 0.3) is 0 Å². The average molecular weight is 248 g/mol. The Bertz CT molecular complexity index is 429. The quantitative estimate of drug-likeness (QED) is 0.832. The van der Waals surface area contributed by atoms with E-state index in [1.165, 1.54) is 11.1 Å². The predicted octanol–water partition coefficient (Wildman–Crippen LogP) is 1.45. The molecule has 3 rings (SSSR count). The van der Waals surface area contributed by atoms with E-state index in [0.29, 0.717) is 0 Å². The van der Waals surface area contributed by atoms with Gasteiger partial charge in [0, 0.05) is 11.6 Å². The van der Waals surface area contributed by atoms with Gasteiger partial charge in [-0.1, -0.05) is 24.3 Å². The van der Waals surface area contributed by atoms with Crippen LogP contribution in [0.3, 0.4) is 0 Å². The number of thioether (sulfide) groups is 1. The first-order chi connectivity index (χ1) is 8.34. The highest BCUT2D eigenvalue weighted by Crippen LogP contribution is 2.30. The van der Waals surface area contributed by atoms with Crippen LogP contribution in [0.5, 0.6) is 0 Å². The summed E-state index contributed by atoms with van der Waals surface area (Å²) < 4.78 is 0. The number of rotatable bonds is 2. The normalized spacial score (nSPS) is 26.8. The minimum absolute atomic E-state index is 0.00670. The zero-order chi connectivity index (χ0) is 11.7. The predicted molar refractivity (Wildman–Crippen MR) is 69.9 cm³/mol. The molecule has 0 radical (unpaired) electrons. The van der Waals surface area contributed by atoms with Crippen molar-refractivity contribution < 1.29 is 4.79 Å². The van der Waals surface area contributed by atoms with Crippen molar-refractivity contribution in [2.45, 2.75) is 24.9 Å². The zero-order valence-corrected chi connectivity index (χ0v) is 10.4. The number of carbonyl (C=O) groups excluding carboxylic acids is 1. The van der Waals surface area contributed by atoms with Gasteiger partial charge in [0.15, 0.2) is 0 Å². The molecule has 0 spiro atoms. The molecule has 1 heterocycles. The lowest BCUT2D eigenvalue weighted by molar-refractivity contribution is -0.123. The average Bonchev–Trinajstić information content (AvgIpc) is 2.98. The van der Waals surface area contributed by atoms with Gasteiger partial charge in [-0.2, -0.15) is 0 Å². The third-order valence-corrected chi connectivity index (χ3v) is 4.42. The van der Waals surface area contributed by atoms with Crippen LogP contribution < -0.4 is 10.6 Å². The van der Waals surface area contributed by atoms with Gasteiger partial charge in [0.05, 0.1) is 12.1 Å². The molecule has 0 aromatic heterocycles. The number of fused-ring (bicyclic) bond motifs is 1. The first kappa shape index (κ1) is 11.1.